The van der Waals surface area contributed by atoms with Crippen LogP contribution in [0.4, 0.5) is 0 Å². The summed E-state index contributed by atoms with van der Waals surface area (Å²) in [6.07, 6.45) is 4.08. The number of imidazole rings is 1. The number of hydrogen-bond acceptors (Lipinski definition) is 2. The molecule has 2 aromatic carbocycles. The van der Waals surface area contributed by atoms with Gasteiger partial charge in [-0.3, -0.25) is 0 Å². The summed E-state index contributed by atoms with van der Waals surface area (Å²) in [5, 5.41) is 11.9. The van der Waals surface area contributed by atoms with Crippen LogP contribution in [-0.2, 0) is 0 Å². The summed E-state index contributed by atoms with van der Waals surface area (Å²) in [6.45, 7) is 17.5. The molecule has 0 saturated heterocycles. The lowest BCUT2D eigenvalue weighted by Gasteiger charge is -2.20. The zero-order valence-electron chi connectivity index (χ0n) is 21.6. The van der Waals surface area contributed by atoms with Gasteiger partial charge in [-0.05, 0) is 23.7 Å². The maximum absolute atomic E-state index is 11.9. The van der Waals surface area contributed by atoms with Gasteiger partial charge in [0.25, 0.3) is 0 Å². The first kappa shape index (κ1) is 24.8. The largest absolute Gasteiger partial charge is 0.419 e. The number of hydrogen-bond donors (Lipinski definition) is 0. The van der Waals surface area contributed by atoms with Crippen molar-refractivity contribution in [3.63, 3.8) is 0 Å². The van der Waals surface area contributed by atoms with Crippen LogP contribution in [0.25, 0.3) is 11.4 Å². The van der Waals surface area contributed by atoms with E-state index in [4.69, 9.17) is 0 Å². The van der Waals surface area contributed by atoms with E-state index >= 15 is 0 Å². The second-order valence-electron chi connectivity index (χ2n) is 10.4. The quantitative estimate of drug-likeness (QED) is 0.205. The Morgan fingerprint density at radius 2 is 1.21 bits per heavy atom. The molecule has 0 radical (unpaired) electrons. The molecule has 0 atom stereocenters. The number of benzene rings is 2. The zero-order chi connectivity index (χ0) is 24.4. The molecule has 0 spiro atoms. The smallest absolute Gasteiger partial charge is 0.328 e. The van der Waals surface area contributed by atoms with Crippen LogP contribution in [0.15, 0.2) is 48.8 Å². The van der Waals surface area contributed by atoms with Gasteiger partial charge in [-0.1, -0.05) is 91.8 Å². The Morgan fingerprint density at radius 3 is 1.61 bits per heavy atom. The molecule has 33 heavy (non-hydrogen) atoms. The second-order valence-corrected chi connectivity index (χ2v) is 10.4. The van der Waals surface area contributed by atoms with E-state index in [-0.39, 0.29) is 4.83 Å². The van der Waals surface area contributed by atoms with Crippen LogP contribution in [0.2, 0.25) is 0 Å². The molecule has 0 saturated carbocycles. The normalized spacial score (nSPS) is 11.9. The van der Waals surface area contributed by atoms with E-state index < -0.39 is 7.41 Å². The highest BCUT2D eigenvalue weighted by Gasteiger charge is 2.29. The van der Waals surface area contributed by atoms with E-state index in [0.29, 0.717) is 23.7 Å². The van der Waals surface area contributed by atoms with Gasteiger partial charge in [0.2, 0.25) is 0 Å². The Kier molecular flexibility index (Phi) is 7.46. The molecule has 0 bridgehead atoms. The average Bonchev–Trinajstić information content (AvgIpc) is 3.14. The third kappa shape index (κ3) is 4.90. The Morgan fingerprint density at radius 1 is 0.788 bits per heavy atom. The number of nitro groups is 1. The molecular formula is C27H38BN3O2. The molecule has 176 valence electrons. The topological polar surface area (TPSA) is 52.0 Å². The molecule has 1 aromatic heterocycles. The van der Waals surface area contributed by atoms with Crippen molar-refractivity contribution in [2.24, 2.45) is 0 Å². The van der Waals surface area contributed by atoms with Crippen molar-refractivity contribution < 1.29 is 9.40 Å². The van der Waals surface area contributed by atoms with E-state index in [1.807, 2.05) is 12.4 Å². The minimum atomic E-state index is -1.64. The second kappa shape index (κ2) is 9.94. The number of nitrogens with zero attached hydrogens (tertiary/aromatic N) is 3. The molecule has 0 amide bonds. The molecule has 0 aliphatic rings. The zero-order valence-corrected chi connectivity index (χ0v) is 21.6. The summed E-state index contributed by atoms with van der Waals surface area (Å²) in [5.41, 5.74) is 7.90. The standard InChI is InChI=1S/C27H38BN3O2/c1-17(2)21-11-9-12-22(18(3)4)25(21)29-15-16-30(27(29)28-31(32)33)26-23(19(5)6)13-10-14-24(26)20(7)8/h9-20H,28H2,1-8H3. The Labute approximate surface area is 198 Å². The number of aromatic nitrogens is 2. The molecule has 1 heterocycles. The fourth-order valence-corrected chi connectivity index (χ4v) is 4.90. The average molecular weight is 447 g/mol. The van der Waals surface area contributed by atoms with E-state index in [0.717, 1.165) is 17.1 Å². The summed E-state index contributed by atoms with van der Waals surface area (Å²) in [5.74, 6) is 1.25. The summed E-state index contributed by atoms with van der Waals surface area (Å²) in [6, 6.07) is 12.9. The van der Waals surface area contributed by atoms with Gasteiger partial charge in [0, 0.05) is 22.3 Å². The van der Waals surface area contributed by atoms with Crippen molar-refractivity contribution in [3.05, 3.63) is 81.2 Å². The lowest BCUT2D eigenvalue weighted by atomic mass is 9.88. The van der Waals surface area contributed by atoms with Crippen molar-refractivity contribution >= 4 is 13.1 Å². The Bertz CT molecular complexity index is 1010. The van der Waals surface area contributed by atoms with Crippen LogP contribution in [0.1, 0.15) is 101 Å². The van der Waals surface area contributed by atoms with E-state index in [1.165, 1.54) is 22.3 Å². The predicted octanol–water partition coefficient (Wildman–Crippen LogP) is 5.23. The molecule has 6 heteroatoms. The third-order valence-corrected chi connectivity index (χ3v) is 6.61. The summed E-state index contributed by atoms with van der Waals surface area (Å²) >= 11 is 0. The molecule has 0 unspecified atom stereocenters. The van der Waals surface area contributed by atoms with E-state index in [9.17, 15) is 10.1 Å². The van der Waals surface area contributed by atoms with Crippen LogP contribution in [0.5, 0.6) is 0 Å². The first-order chi connectivity index (χ1) is 15.5. The highest BCUT2D eigenvalue weighted by molar-refractivity contribution is 6.42. The summed E-state index contributed by atoms with van der Waals surface area (Å²) in [7, 11) is -1.64. The van der Waals surface area contributed by atoms with Gasteiger partial charge < -0.3 is 10.1 Å². The van der Waals surface area contributed by atoms with Gasteiger partial charge in [-0.2, -0.15) is 4.83 Å². The first-order valence-corrected chi connectivity index (χ1v) is 12.3. The van der Waals surface area contributed by atoms with Crippen molar-refractivity contribution in [3.8, 4) is 11.4 Å². The maximum atomic E-state index is 11.9. The van der Waals surface area contributed by atoms with Crippen LogP contribution in [0.3, 0.4) is 0 Å². The fourth-order valence-electron chi connectivity index (χ4n) is 4.90. The van der Waals surface area contributed by atoms with Crippen molar-refractivity contribution in [2.45, 2.75) is 79.1 Å². The molecule has 5 nitrogen and oxygen atoms in total. The van der Waals surface area contributed by atoms with Gasteiger partial charge in [0.1, 0.15) is 23.8 Å². The minimum absolute atomic E-state index is 0.0948. The predicted molar refractivity (Wildman–Crippen MR) is 139 cm³/mol. The van der Waals surface area contributed by atoms with Crippen LogP contribution in [-0.4, -0.2) is 16.8 Å². The minimum Gasteiger partial charge on any atom is -0.328 e. The molecule has 0 fully saturated rings. The fraction of sp³-hybridized carbons (Fsp3) is 0.444. The van der Waals surface area contributed by atoms with E-state index in [2.05, 4.69) is 101 Å². The lowest BCUT2D eigenvalue weighted by Crippen LogP contribution is -2.54. The molecule has 3 rings (SSSR count). The highest BCUT2D eigenvalue weighted by atomic mass is 16.6. The van der Waals surface area contributed by atoms with Crippen LogP contribution in [0, 0.1) is 10.1 Å². The van der Waals surface area contributed by atoms with Gasteiger partial charge in [-0.15, -0.1) is 0 Å². The molecule has 0 aliphatic carbocycles. The SMILES string of the molecule is CC(C)c1cccc(C(C)C)c1-n1cc[n+](-c2c(C(C)C)cccc2C(C)C)c1[BH2-][N+](=O)[O-]. The number of rotatable bonds is 8. The molecule has 0 aliphatic heterocycles. The molecule has 0 N–H and O–H groups in total. The van der Waals surface area contributed by atoms with Crippen molar-refractivity contribution in [1.29, 1.82) is 0 Å². The third-order valence-electron chi connectivity index (χ3n) is 6.61. The van der Waals surface area contributed by atoms with Crippen LogP contribution >= 0.6 is 0 Å². The Balaban J connectivity index is 2.42. The van der Waals surface area contributed by atoms with Crippen molar-refractivity contribution in [2.75, 3.05) is 0 Å². The van der Waals surface area contributed by atoms with Gasteiger partial charge in [-0.25, -0.2) is 9.13 Å². The molecular weight excluding hydrogens is 409 g/mol. The molecule has 3 aromatic rings. The highest BCUT2D eigenvalue weighted by Crippen LogP contribution is 2.31. The van der Waals surface area contributed by atoms with Crippen LogP contribution < -0.4 is 10.3 Å². The maximum Gasteiger partial charge on any atom is 0.419 e. The summed E-state index contributed by atoms with van der Waals surface area (Å²) < 4.78 is 4.24. The van der Waals surface area contributed by atoms with E-state index in [1.54, 1.807) is 0 Å². The van der Waals surface area contributed by atoms with Gasteiger partial charge in [0.05, 0.1) is 0 Å². The Hall–Kier alpha value is -2.89. The monoisotopic (exact) mass is 447 g/mol. The first-order valence-electron chi connectivity index (χ1n) is 12.3. The lowest BCUT2D eigenvalue weighted by molar-refractivity contribution is -0.579. The van der Waals surface area contributed by atoms with Gasteiger partial charge in [0.15, 0.2) is 5.72 Å². The van der Waals surface area contributed by atoms with Crippen molar-refractivity contribution in [1.82, 2.24) is 4.57 Å². The summed E-state index contributed by atoms with van der Waals surface area (Å²) in [4.78, 5) is 11.8. The number of para-hydroxylation sites is 2. The van der Waals surface area contributed by atoms with Gasteiger partial charge >= 0.3 is 7.41 Å².